The number of hydrogen-bond acceptors (Lipinski definition) is 5. The van der Waals surface area contributed by atoms with E-state index in [9.17, 15) is 4.79 Å². The van der Waals surface area contributed by atoms with Gasteiger partial charge in [-0.15, -0.1) is 0 Å². The van der Waals surface area contributed by atoms with Crippen LogP contribution < -0.4 is 5.32 Å². The van der Waals surface area contributed by atoms with Crippen LogP contribution in [0, 0.1) is 5.92 Å². The number of carbonyl (C=O) groups excluding carboxylic acids is 1. The Morgan fingerprint density at radius 3 is 2.39 bits per heavy atom. The molecule has 1 fully saturated rings. The molecule has 1 aromatic heterocycles. The number of nitrogens with one attached hydrogen (secondary N) is 1. The van der Waals surface area contributed by atoms with Gasteiger partial charge in [0.1, 0.15) is 0 Å². The van der Waals surface area contributed by atoms with E-state index in [4.69, 9.17) is 21.5 Å². The Morgan fingerprint density at radius 2 is 1.81 bits per heavy atom. The quantitative estimate of drug-likeness (QED) is 0.631. The fraction of sp³-hybridized carbons (Fsp3) is 0.500. The first kappa shape index (κ1) is 23.2. The maximum absolute atomic E-state index is 12.3. The molecule has 0 atom stereocenters. The molecule has 8 nitrogen and oxygen atoms in total. The molecule has 0 bridgehead atoms. The Balaban J connectivity index is 0.000000858. The molecular weight excluding hydrogens is 418 g/mol. The molecule has 3 heterocycles. The smallest absolute Gasteiger partial charge is 0.290 e. The summed E-state index contributed by atoms with van der Waals surface area (Å²) in [6, 6.07) is 8.45. The van der Waals surface area contributed by atoms with Crippen molar-refractivity contribution >= 4 is 24.0 Å². The predicted octanol–water partition coefficient (Wildman–Crippen LogP) is 2.08. The van der Waals surface area contributed by atoms with Gasteiger partial charge in [-0.05, 0) is 43.0 Å². The number of carboxylic acid groups (broad SMARTS) is 1. The Labute approximate surface area is 187 Å². The number of amides is 1. The van der Waals surface area contributed by atoms with E-state index in [0.717, 1.165) is 58.7 Å². The van der Waals surface area contributed by atoms with Crippen molar-refractivity contribution in [2.24, 2.45) is 5.92 Å². The molecule has 9 heteroatoms. The fourth-order valence-corrected chi connectivity index (χ4v) is 4.31. The largest absolute Gasteiger partial charge is 0.483 e. The zero-order valence-electron chi connectivity index (χ0n) is 17.6. The maximum Gasteiger partial charge on any atom is 0.290 e. The lowest BCUT2D eigenvalue weighted by molar-refractivity contribution is -0.123. The number of benzene rings is 1. The highest BCUT2D eigenvalue weighted by atomic mass is 35.5. The van der Waals surface area contributed by atoms with E-state index in [1.165, 1.54) is 11.1 Å². The number of hydrogen-bond donors (Lipinski definition) is 2. The molecule has 0 spiro atoms. The van der Waals surface area contributed by atoms with Crippen molar-refractivity contribution in [3.8, 4) is 0 Å². The Kier molecular flexibility index (Phi) is 8.87. The Morgan fingerprint density at radius 1 is 1.16 bits per heavy atom. The molecule has 2 aliphatic rings. The molecule has 1 amide bonds. The molecule has 2 aliphatic heterocycles. The average molecular weight is 448 g/mol. The van der Waals surface area contributed by atoms with Crippen molar-refractivity contribution in [1.82, 2.24) is 24.9 Å². The summed E-state index contributed by atoms with van der Waals surface area (Å²) in [4.78, 5) is 25.4. The SMILES string of the molecule is O=C(CN1Cc2ccccc2C1)NCC1CCN(CCn2cc(Cl)cn2)CC1.O=CO. The van der Waals surface area contributed by atoms with Crippen LogP contribution in [0.3, 0.4) is 0 Å². The Hall–Kier alpha value is -2.42. The first-order valence-electron chi connectivity index (χ1n) is 10.6. The fourth-order valence-electron chi connectivity index (χ4n) is 4.15. The van der Waals surface area contributed by atoms with Gasteiger partial charge in [-0.1, -0.05) is 35.9 Å². The lowest BCUT2D eigenvalue weighted by Gasteiger charge is -2.32. The van der Waals surface area contributed by atoms with E-state index in [2.05, 4.69) is 44.5 Å². The van der Waals surface area contributed by atoms with E-state index in [1.54, 1.807) is 6.20 Å². The summed E-state index contributed by atoms with van der Waals surface area (Å²) in [7, 11) is 0. The van der Waals surface area contributed by atoms with Gasteiger partial charge in [0.25, 0.3) is 6.47 Å². The third kappa shape index (κ3) is 7.34. The van der Waals surface area contributed by atoms with Crippen LogP contribution in [0.1, 0.15) is 24.0 Å². The number of aromatic nitrogens is 2. The second kappa shape index (κ2) is 11.8. The van der Waals surface area contributed by atoms with Crippen LogP contribution in [-0.2, 0) is 29.2 Å². The predicted molar refractivity (Wildman–Crippen MR) is 119 cm³/mol. The van der Waals surface area contributed by atoms with Gasteiger partial charge < -0.3 is 15.3 Å². The molecule has 0 unspecified atom stereocenters. The van der Waals surface area contributed by atoms with Crippen LogP contribution in [-0.4, -0.2) is 69.8 Å². The lowest BCUT2D eigenvalue weighted by Crippen LogP contribution is -2.41. The summed E-state index contributed by atoms with van der Waals surface area (Å²) in [6.07, 6.45) is 5.81. The molecular formula is C22H30ClN5O3. The summed E-state index contributed by atoms with van der Waals surface area (Å²) in [6.45, 7) is 6.81. The number of piperidine rings is 1. The molecule has 2 aromatic rings. The summed E-state index contributed by atoms with van der Waals surface area (Å²) < 4.78 is 1.89. The topological polar surface area (TPSA) is 90.7 Å². The second-order valence-electron chi connectivity index (χ2n) is 8.03. The van der Waals surface area contributed by atoms with Crippen LogP contribution in [0.2, 0.25) is 5.02 Å². The van der Waals surface area contributed by atoms with Crippen molar-refractivity contribution in [2.75, 3.05) is 32.7 Å². The van der Waals surface area contributed by atoms with Crippen molar-refractivity contribution in [1.29, 1.82) is 0 Å². The molecule has 0 saturated carbocycles. The van der Waals surface area contributed by atoms with E-state index in [-0.39, 0.29) is 12.4 Å². The van der Waals surface area contributed by atoms with Gasteiger partial charge in [-0.2, -0.15) is 5.10 Å². The minimum atomic E-state index is -0.250. The molecule has 2 N–H and O–H groups in total. The van der Waals surface area contributed by atoms with Crippen molar-refractivity contribution in [3.05, 3.63) is 52.8 Å². The zero-order chi connectivity index (χ0) is 22.1. The van der Waals surface area contributed by atoms with Crippen molar-refractivity contribution < 1.29 is 14.7 Å². The van der Waals surface area contributed by atoms with Crippen LogP contribution in [0.4, 0.5) is 0 Å². The van der Waals surface area contributed by atoms with Gasteiger partial charge >= 0.3 is 0 Å². The first-order chi connectivity index (χ1) is 15.1. The monoisotopic (exact) mass is 447 g/mol. The van der Waals surface area contributed by atoms with Crippen LogP contribution in [0.25, 0.3) is 0 Å². The van der Waals surface area contributed by atoms with Crippen LogP contribution in [0.5, 0.6) is 0 Å². The molecule has 1 aromatic carbocycles. The first-order valence-corrected chi connectivity index (χ1v) is 11.0. The molecule has 31 heavy (non-hydrogen) atoms. The minimum Gasteiger partial charge on any atom is -0.483 e. The molecule has 4 rings (SSSR count). The highest BCUT2D eigenvalue weighted by molar-refractivity contribution is 6.30. The van der Waals surface area contributed by atoms with E-state index < -0.39 is 0 Å². The van der Waals surface area contributed by atoms with Gasteiger partial charge in [0.15, 0.2) is 0 Å². The highest BCUT2D eigenvalue weighted by Crippen LogP contribution is 2.21. The number of likely N-dealkylation sites (tertiary alicyclic amines) is 1. The summed E-state index contributed by atoms with van der Waals surface area (Å²) >= 11 is 5.90. The van der Waals surface area contributed by atoms with Gasteiger partial charge in [-0.25, -0.2) is 0 Å². The average Bonchev–Trinajstić information content (AvgIpc) is 3.37. The van der Waals surface area contributed by atoms with Crippen molar-refractivity contribution in [2.45, 2.75) is 32.5 Å². The minimum absolute atomic E-state index is 0.144. The number of fused-ring (bicyclic) bond motifs is 1. The van der Waals surface area contributed by atoms with Gasteiger partial charge in [0.2, 0.25) is 5.91 Å². The Bertz CT molecular complexity index is 826. The van der Waals surface area contributed by atoms with Crippen LogP contribution >= 0.6 is 11.6 Å². The highest BCUT2D eigenvalue weighted by Gasteiger charge is 2.22. The van der Waals surface area contributed by atoms with Crippen LogP contribution in [0.15, 0.2) is 36.7 Å². The summed E-state index contributed by atoms with van der Waals surface area (Å²) in [5.74, 6) is 0.723. The van der Waals surface area contributed by atoms with Crippen molar-refractivity contribution in [3.63, 3.8) is 0 Å². The molecule has 168 valence electrons. The normalized spacial score (nSPS) is 16.9. The third-order valence-corrected chi connectivity index (χ3v) is 6.01. The van der Waals surface area contributed by atoms with Gasteiger partial charge in [0.05, 0.1) is 24.3 Å². The number of rotatable bonds is 7. The maximum atomic E-state index is 12.3. The van der Waals surface area contributed by atoms with E-state index in [0.29, 0.717) is 17.5 Å². The molecule has 0 radical (unpaired) electrons. The summed E-state index contributed by atoms with van der Waals surface area (Å²) in [5, 5.41) is 15.0. The van der Waals surface area contributed by atoms with Gasteiger partial charge in [0, 0.05) is 32.4 Å². The molecule has 1 saturated heterocycles. The molecule has 0 aliphatic carbocycles. The number of halogens is 1. The third-order valence-electron chi connectivity index (χ3n) is 5.82. The summed E-state index contributed by atoms with van der Waals surface area (Å²) in [5.41, 5.74) is 2.69. The van der Waals surface area contributed by atoms with E-state index >= 15 is 0 Å². The van der Waals surface area contributed by atoms with E-state index in [1.807, 2.05) is 10.9 Å². The standard InChI is InChI=1S/C21H28ClN5O.CH2O2/c22-20-12-24-27(15-20)10-9-25-7-5-17(6-8-25)11-23-21(28)16-26-13-18-3-1-2-4-19(18)14-26;2-1-3/h1-4,12,15,17H,5-11,13-14,16H2,(H,23,28);1H,(H,2,3). The number of carbonyl (C=O) groups is 2. The lowest BCUT2D eigenvalue weighted by atomic mass is 9.97. The second-order valence-corrected chi connectivity index (χ2v) is 8.47. The number of nitrogens with zero attached hydrogens (tertiary/aromatic N) is 4. The van der Waals surface area contributed by atoms with Gasteiger partial charge in [-0.3, -0.25) is 19.2 Å². The zero-order valence-corrected chi connectivity index (χ0v) is 18.4.